The van der Waals surface area contributed by atoms with Crippen LogP contribution in [-0.4, -0.2) is 36.9 Å². The van der Waals surface area contributed by atoms with Crippen LogP contribution in [-0.2, 0) is 10.8 Å². The van der Waals surface area contributed by atoms with E-state index in [4.69, 9.17) is 41.6 Å². The van der Waals surface area contributed by atoms with Crippen LogP contribution in [0, 0.1) is 0 Å². The Labute approximate surface area is 876 Å². The summed E-state index contributed by atoms with van der Waals surface area (Å²) in [6, 6.07) is 155. The highest BCUT2D eigenvalue weighted by atomic mass is 28.4. The lowest BCUT2D eigenvalue weighted by molar-refractivity contribution is -0.0811. The van der Waals surface area contributed by atoms with Gasteiger partial charge in [0.15, 0.2) is 28.7 Å². The molecule has 0 fully saturated rings. The predicted octanol–water partition coefficient (Wildman–Crippen LogP) is 37.2. The van der Waals surface area contributed by atoms with Gasteiger partial charge in [-0.1, -0.05) is 351 Å². The molecule has 5 heterocycles. The lowest BCUT2D eigenvalue weighted by Gasteiger charge is -2.37. The summed E-state index contributed by atoms with van der Waals surface area (Å²) in [5.74, 6) is 6.96. The number of aromatic nitrogens is 3. The molecule has 0 atom stereocenters. The molecule has 0 unspecified atom stereocenters. The molecule has 150 heavy (non-hydrogen) atoms. The fraction of sp³-hybridized carbons (Fsp3) is 0.110. The fourth-order valence-corrected chi connectivity index (χ4v) is 25.9. The SMILES string of the molecule is CC(C)(C)c1cc2c(cc1-c1cccc3c1Oc1ccc(-n4c5ccccc5n5c6ccccc6nc45)cc1O[Si](C)(C)O3)-c1ccccc1-c1ccccc1-c1ccccc1-2.CC(C)(C)c1cc2c(cc1-c1cccc3c1Oc1ccccc1O[Si](C)(C)O3)-c1ccccc1-c1ccccc1-c1ccccc1-2.CC1(C)Oc2ccccc2N(c2ccc3c(c2)-c2ccccc2-c2ccccc2-c2ccccc2-3)c2ccccc2O1. The number of hydrogen-bond donors (Lipinski definition) is 0. The van der Waals surface area contributed by atoms with Gasteiger partial charge in [-0.2, -0.15) is 0 Å². The molecule has 0 saturated heterocycles. The molecule has 6 aliphatic rings. The molecule has 12 nitrogen and oxygen atoms in total. The highest BCUT2D eigenvalue weighted by Gasteiger charge is 2.41. The van der Waals surface area contributed by atoms with Crippen molar-refractivity contribution >= 4 is 62.0 Å². The molecule has 0 bridgehead atoms. The molecule has 14 heteroatoms. The third-order valence-electron chi connectivity index (χ3n) is 29.5. The summed E-state index contributed by atoms with van der Waals surface area (Å²) in [7, 11) is -5.44. The Morgan fingerprint density at radius 1 is 0.227 bits per heavy atom. The maximum Gasteiger partial charge on any atom is 0.454 e. The van der Waals surface area contributed by atoms with Crippen LogP contribution in [0.5, 0.6) is 57.5 Å². The van der Waals surface area contributed by atoms with Crippen LogP contribution < -0.4 is 41.6 Å². The Balaban J connectivity index is 0.000000116. The first-order valence-electron chi connectivity index (χ1n) is 51.6. The largest absolute Gasteiger partial charge is 0.509 e. The maximum atomic E-state index is 7.13. The van der Waals surface area contributed by atoms with Gasteiger partial charge in [0, 0.05) is 62.9 Å². The first-order valence-corrected chi connectivity index (χ1v) is 57.2. The third-order valence-corrected chi connectivity index (χ3v) is 32.3. The lowest BCUT2D eigenvalue weighted by Crippen LogP contribution is -2.42. The second-order valence-corrected chi connectivity index (χ2v) is 49.1. The van der Waals surface area contributed by atoms with Crippen LogP contribution in [0.15, 0.2) is 437 Å². The van der Waals surface area contributed by atoms with Gasteiger partial charge in [0.1, 0.15) is 28.7 Å². The number of ether oxygens (including phenoxy) is 4. The van der Waals surface area contributed by atoms with Crippen molar-refractivity contribution in [3.05, 3.63) is 448 Å². The summed E-state index contributed by atoms with van der Waals surface area (Å²) in [6.07, 6.45) is 0. The van der Waals surface area contributed by atoms with Crippen LogP contribution in [0.3, 0.4) is 0 Å². The molecule has 0 radical (unpaired) electrons. The van der Waals surface area contributed by atoms with E-state index in [0.717, 1.165) is 84.3 Å². The molecule has 0 saturated carbocycles. The van der Waals surface area contributed by atoms with Crippen LogP contribution in [0.1, 0.15) is 66.5 Å². The van der Waals surface area contributed by atoms with Gasteiger partial charge in [-0.25, -0.2) is 4.98 Å². The second-order valence-electron chi connectivity index (χ2n) is 42.7. The normalized spacial score (nSPS) is 13.9. The van der Waals surface area contributed by atoms with E-state index < -0.39 is 22.9 Å². The Morgan fingerprint density at radius 3 is 0.913 bits per heavy atom. The van der Waals surface area contributed by atoms with Gasteiger partial charge in [0.2, 0.25) is 11.6 Å². The Hall–Kier alpha value is -17.7. The van der Waals surface area contributed by atoms with E-state index in [1.807, 2.05) is 86.6 Å². The van der Waals surface area contributed by atoms with Crippen LogP contribution in [0.25, 0.3) is 189 Å². The van der Waals surface area contributed by atoms with Gasteiger partial charge >= 0.3 is 17.1 Å². The van der Waals surface area contributed by atoms with E-state index in [1.165, 1.54) is 145 Å². The van der Waals surface area contributed by atoms with Gasteiger partial charge in [-0.05, 0) is 288 Å². The number of para-hydroxylation sites is 12. The molecule has 22 aromatic rings. The summed E-state index contributed by atoms with van der Waals surface area (Å²) in [5.41, 5.74) is 43.6. The summed E-state index contributed by atoms with van der Waals surface area (Å²) in [4.78, 5) is 7.37. The molecule has 0 amide bonds. The summed E-state index contributed by atoms with van der Waals surface area (Å²) < 4.78 is 58.1. The van der Waals surface area contributed by atoms with Gasteiger partial charge in [-0.3, -0.25) is 8.97 Å². The molecule has 28 rings (SSSR count). The number of imidazole rings is 2. The number of anilines is 3. The summed E-state index contributed by atoms with van der Waals surface area (Å²) in [6.45, 7) is 26.0. The molecule has 0 N–H and O–H groups in total. The zero-order valence-electron chi connectivity index (χ0n) is 85.6. The average Bonchev–Trinajstić information content (AvgIpc) is 1.36. The first-order chi connectivity index (χ1) is 72.9. The fourth-order valence-electron chi connectivity index (χ4n) is 23.1. The van der Waals surface area contributed by atoms with Crippen molar-refractivity contribution in [3.8, 4) is 219 Å². The second kappa shape index (κ2) is 35.9. The number of fused-ring (bicyclic) bond motifs is 35. The van der Waals surface area contributed by atoms with Crippen molar-refractivity contribution in [1.29, 1.82) is 0 Å². The molecule has 0 spiro atoms. The van der Waals surface area contributed by atoms with Crippen molar-refractivity contribution in [2.75, 3.05) is 4.90 Å². The first kappa shape index (κ1) is 92.2. The minimum Gasteiger partial charge on any atom is -0.509 e. The van der Waals surface area contributed by atoms with Crippen LogP contribution in [0.4, 0.5) is 17.1 Å². The quantitative estimate of drug-likeness (QED) is 0.158. The number of nitrogens with zero attached hydrogens (tertiary/aromatic N) is 4. The smallest absolute Gasteiger partial charge is 0.454 e. The topological polar surface area (TPSA) is 99.3 Å². The van der Waals surface area contributed by atoms with E-state index in [1.54, 1.807) is 0 Å². The molecular weight excluding hydrogens is 1870 g/mol. The third kappa shape index (κ3) is 16.1. The van der Waals surface area contributed by atoms with Crippen molar-refractivity contribution in [1.82, 2.24) is 14.0 Å². The highest BCUT2D eigenvalue weighted by molar-refractivity contribution is 6.66. The molecule has 3 aliphatic heterocycles. The van der Waals surface area contributed by atoms with Gasteiger partial charge < -0.3 is 41.6 Å². The monoisotopic (exact) mass is 1980 g/mol. The number of hydrogen-bond acceptors (Lipinski definition) is 10. The minimum absolute atomic E-state index is 0.167. The Bertz CT molecular complexity index is 9210. The van der Waals surface area contributed by atoms with Gasteiger partial charge in [-0.15, -0.1) is 0 Å². The molecule has 3 aliphatic carbocycles. The molecule has 2 aromatic heterocycles. The summed E-state index contributed by atoms with van der Waals surface area (Å²) >= 11 is 0. The van der Waals surface area contributed by atoms with Crippen LogP contribution >= 0.6 is 0 Å². The molecular formula is C136H108N4O8Si2. The lowest BCUT2D eigenvalue weighted by atomic mass is 9.75. The standard InChI is InChI=1S/C55H43N3O3Si.C42H36O3Si.C39H29NO2/c1-55(2,3)45-33-43-40-22-11-9-20-38(40)36-18-7-6-17-35(36)37-19-8-10-21-39(37)42(43)32-44(45)41-23-16-28-51-53(41)59-50-30-29-34(31-52(50)61-62(4,5)60-51)57-48-26-14-15-27-49(48)58-47-25-13-12-24-46(47)56-54(57)58;1-42(2,3)37-26-35-32-20-11-9-18-30(32)28-16-7-6-15-27(28)29-17-8-10-19-31(29)34(35)25-36(37)33-21-14-24-40-41(33)43-38-22-12-13-23-39(38)44-46(4,5)45-40;1-39(2)41-37-21-11-9-19-35(37)40(36-20-10-12-22-38(36)42-39)26-23-24-33-31-17-6-5-15-29(31)27-13-3-4-14-28(27)30-16-7-8-18-32(30)34(33)25-26/h6-33H,1-5H3;6-26H,1-5H3;3-25H,1-2H3. The summed E-state index contributed by atoms with van der Waals surface area (Å²) in [5, 5.41) is 0. The predicted molar refractivity (Wildman–Crippen MR) is 617 cm³/mol. The van der Waals surface area contributed by atoms with Crippen molar-refractivity contribution in [2.45, 2.75) is 98.2 Å². The number of rotatable bonds is 4. The van der Waals surface area contributed by atoms with E-state index in [-0.39, 0.29) is 10.8 Å². The maximum absolute atomic E-state index is 7.13. The van der Waals surface area contributed by atoms with Crippen LogP contribution in [0.2, 0.25) is 26.2 Å². The van der Waals surface area contributed by atoms with Gasteiger partial charge in [0.05, 0.1) is 39.1 Å². The van der Waals surface area contributed by atoms with Gasteiger partial charge in [0.25, 0.3) is 0 Å². The molecule has 728 valence electrons. The Kier molecular flexibility index (Phi) is 22.0. The van der Waals surface area contributed by atoms with E-state index >= 15 is 0 Å². The van der Waals surface area contributed by atoms with E-state index in [0.29, 0.717) is 46.0 Å². The minimum atomic E-state index is -2.86. The zero-order chi connectivity index (χ0) is 102. The van der Waals surface area contributed by atoms with Crippen molar-refractivity contribution < 1.29 is 36.7 Å². The van der Waals surface area contributed by atoms with E-state index in [9.17, 15) is 0 Å². The zero-order valence-corrected chi connectivity index (χ0v) is 87.6. The molecule has 20 aromatic carbocycles. The van der Waals surface area contributed by atoms with Crippen molar-refractivity contribution in [3.63, 3.8) is 0 Å². The van der Waals surface area contributed by atoms with Crippen molar-refractivity contribution in [2.24, 2.45) is 0 Å². The highest BCUT2D eigenvalue weighted by Crippen LogP contribution is 2.60. The Morgan fingerprint density at radius 2 is 0.513 bits per heavy atom. The van der Waals surface area contributed by atoms with E-state index in [2.05, 4.69) is 446 Å². The average molecular weight is 1980 g/mol. The number of benzene rings is 20.